The van der Waals surface area contributed by atoms with Crippen molar-refractivity contribution in [3.63, 3.8) is 0 Å². The Hall–Kier alpha value is -4.08. The number of rotatable bonds is 8. The highest BCUT2D eigenvalue weighted by molar-refractivity contribution is 7.07. The number of hydrogen-bond donors (Lipinski definition) is 0. The molecule has 0 fully saturated rings. The number of aromatic nitrogens is 2. The molecule has 0 spiro atoms. The van der Waals surface area contributed by atoms with Gasteiger partial charge in [-0.3, -0.25) is 9.36 Å². The summed E-state index contributed by atoms with van der Waals surface area (Å²) in [6.07, 6.45) is 1.88. The van der Waals surface area contributed by atoms with Crippen LogP contribution in [0.3, 0.4) is 0 Å². The molecule has 1 aliphatic heterocycles. The fourth-order valence-corrected chi connectivity index (χ4v) is 7.34. The molecule has 7 nitrogen and oxygen atoms in total. The van der Waals surface area contributed by atoms with Gasteiger partial charge in [0, 0.05) is 22.1 Å². The molecule has 3 heterocycles. The third kappa shape index (κ3) is 6.43. The Balaban J connectivity index is 1.34. The van der Waals surface area contributed by atoms with E-state index in [2.05, 4.69) is 9.56 Å². The molecular formula is C36H30Cl3N3O4S. The molecule has 2 aromatic heterocycles. The van der Waals surface area contributed by atoms with E-state index in [1.54, 1.807) is 36.6 Å². The number of hydrogen-bond acceptors (Lipinski definition) is 6. The number of fused-ring (bicyclic) bond motifs is 1. The molecule has 1 atom stereocenters. The largest absolute Gasteiger partial charge is 0.489 e. The molecule has 11 heteroatoms. The molecule has 240 valence electrons. The maximum atomic E-state index is 14.1. The van der Waals surface area contributed by atoms with Gasteiger partial charge in [-0.05, 0) is 99.0 Å². The molecule has 0 saturated heterocycles. The third-order valence-corrected chi connectivity index (χ3v) is 10.0. The molecule has 47 heavy (non-hydrogen) atoms. The molecule has 0 N–H and O–H groups in total. The first-order valence-electron chi connectivity index (χ1n) is 14.9. The molecular weight excluding hydrogens is 677 g/mol. The Labute approximate surface area is 290 Å². The number of benzene rings is 3. The Morgan fingerprint density at radius 1 is 0.957 bits per heavy atom. The van der Waals surface area contributed by atoms with Gasteiger partial charge in [0.25, 0.3) is 5.56 Å². The van der Waals surface area contributed by atoms with Crippen LogP contribution in [0.5, 0.6) is 5.75 Å². The minimum absolute atomic E-state index is 0.194. The summed E-state index contributed by atoms with van der Waals surface area (Å²) in [5, 5.41) is 1.44. The molecule has 0 amide bonds. The number of thiazole rings is 1. The van der Waals surface area contributed by atoms with Crippen molar-refractivity contribution in [1.82, 2.24) is 9.13 Å². The summed E-state index contributed by atoms with van der Waals surface area (Å²) in [7, 11) is 0. The standard InChI is InChI=1S/C36H30Cl3N3O4S/c1-5-45-35(44)32-21(3)40-36-42(33(32)27-8-6-7-9-28(27)37)34(43)31(47-36)18-24-16-20(2)41(22(24)4)25-11-13-26(14-12-25)46-19-23-10-15-29(38)30(39)17-23/h6-18,33H,5,19H2,1-4H3/b31-18-/t33-/m1/s1. The third-order valence-electron chi connectivity index (χ3n) is 7.96. The van der Waals surface area contributed by atoms with Gasteiger partial charge >= 0.3 is 5.97 Å². The minimum Gasteiger partial charge on any atom is -0.489 e. The highest BCUT2D eigenvalue weighted by Gasteiger charge is 2.34. The lowest BCUT2D eigenvalue weighted by Gasteiger charge is -2.25. The predicted octanol–water partition coefficient (Wildman–Crippen LogP) is 7.75. The summed E-state index contributed by atoms with van der Waals surface area (Å²) in [5.74, 6) is 0.191. The molecule has 6 rings (SSSR count). The van der Waals surface area contributed by atoms with Gasteiger partial charge in [0.1, 0.15) is 18.4 Å². The number of carbonyl (C=O) groups excluding carboxylic acids is 1. The highest BCUT2D eigenvalue weighted by Crippen LogP contribution is 2.34. The number of carbonyl (C=O) groups is 1. The summed E-state index contributed by atoms with van der Waals surface area (Å²) in [5.41, 5.74) is 5.87. The average Bonchev–Trinajstić information content (AvgIpc) is 3.50. The molecule has 1 aliphatic rings. The van der Waals surface area contributed by atoms with E-state index in [0.29, 0.717) is 53.6 Å². The van der Waals surface area contributed by atoms with Gasteiger partial charge in [-0.1, -0.05) is 70.4 Å². The average molecular weight is 707 g/mol. The highest BCUT2D eigenvalue weighted by atomic mass is 35.5. The Morgan fingerprint density at radius 3 is 2.40 bits per heavy atom. The van der Waals surface area contributed by atoms with Gasteiger partial charge in [0.05, 0.1) is 32.5 Å². The molecule has 0 bridgehead atoms. The van der Waals surface area contributed by atoms with E-state index < -0.39 is 12.0 Å². The van der Waals surface area contributed by atoms with E-state index in [4.69, 9.17) is 44.3 Å². The molecule has 0 saturated carbocycles. The quantitative estimate of drug-likeness (QED) is 0.155. The van der Waals surface area contributed by atoms with Crippen molar-refractivity contribution in [3.8, 4) is 11.4 Å². The number of allylic oxidation sites excluding steroid dienone is 1. The number of halogens is 3. The van der Waals surface area contributed by atoms with Crippen molar-refractivity contribution < 1.29 is 14.3 Å². The van der Waals surface area contributed by atoms with E-state index in [1.165, 1.54) is 11.3 Å². The molecule has 0 unspecified atom stereocenters. The molecule has 5 aromatic rings. The van der Waals surface area contributed by atoms with Crippen LogP contribution in [0.25, 0.3) is 11.8 Å². The van der Waals surface area contributed by atoms with Crippen molar-refractivity contribution in [1.29, 1.82) is 0 Å². The minimum atomic E-state index is -0.772. The predicted molar refractivity (Wildman–Crippen MR) is 188 cm³/mol. The van der Waals surface area contributed by atoms with Gasteiger partial charge in [-0.25, -0.2) is 9.79 Å². The van der Waals surface area contributed by atoms with E-state index in [-0.39, 0.29) is 12.2 Å². The smallest absolute Gasteiger partial charge is 0.338 e. The van der Waals surface area contributed by atoms with Crippen molar-refractivity contribution in [2.45, 2.75) is 40.3 Å². The van der Waals surface area contributed by atoms with Crippen LogP contribution < -0.4 is 19.6 Å². The summed E-state index contributed by atoms with van der Waals surface area (Å²) in [4.78, 5) is 32.4. The number of nitrogens with zero attached hydrogens (tertiary/aromatic N) is 3. The van der Waals surface area contributed by atoms with Crippen LogP contribution >= 0.6 is 46.1 Å². The van der Waals surface area contributed by atoms with Crippen molar-refractivity contribution >= 4 is 58.2 Å². The lowest BCUT2D eigenvalue weighted by Crippen LogP contribution is -2.40. The fraction of sp³-hybridized carbons (Fsp3) is 0.194. The number of aryl methyl sites for hydroxylation is 1. The second kappa shape index (κ2) is 13.6. The van der Waals surface area contributed by atoms with Crippen LogP contribution in [0.4, 0.5) is 0 Å². The SMILES string of the molecule is CCOC(=O)C1=C(C)N=c2s/c(=C\c3cc(C)n(-c4ccc(OCc5ccc(Cl)c(Cl)c5)cc4)c3C)c(=O)n2[C@@H]1c1ccccc1Cl. The number of esters is 1. The fourth-order valence-electron chi connectivity index (χ4n) is 5.74. The zero-order valence-corrected chi connectivity index (χ0v) is 29.1. The van der Waals surface area contributed by atoms with E-state index >= 15 is 0 Å². The molecule has 0 aliphatic carbocycles. The Morgan fingerprint density at radius 2 is 1.70 bits per heavy atom. The van der Waals surface area contributed by atoms with Gasteiger partial charge in [-0.2, -0.15) is 0 Å². The zero-order valence-electron chi connectivity index (χ0n) is 26.0. The second-order valence-corrected chi connectivity index (χ2v) is 13.2. The first-order chi connectivity index (χ1) is 22.6. The lowest BCUT2D eigenvalue weighted by atomic mass is 9.96. The Bertz CT molecular complexity index is 2230. The van der Waals surface area contributed by atoms with E-state index in [9.17, 15) is 9.59 Å². The summed E-state index contributed by atoms with van der Waals surface area (Å²) >= 11 is 20.1. The van der Waals surface area contributed by atoms with Gasteiger partial charge in [0.2, 0.25) is 0 Å². The van der Waals surface area contributed by atoms with Crippen LogP contribution in [-0.2, 0) is 16.1 Å². The van der Waals surface area contributed by atoms with Crippen molar-refractivity contribution in [2.75, 3.05) is 6.61 Å². The molecule has 3 aromatic carbocycles. The van der Waals surface area contributed by atoms with E-state index in [0.717, 1.165) is 28.2 Å². The summed E-state index contributed by atoms with van der Waals surface area (Å²) < 4.78 is 15.5. The topological polar surface area (TPSA) is 74.8 Å². The monoisotopic (exact) mass is 705 g/mol. The van der Waals surface area contributed by atoms with Gasteiger partial charge < -0.3 is 14.0 Å². The number of ether oxygens (including phenoxy) is 2. The van der Waals surface area contributed by atoms with Crippen LogP contribution in [0.2, 0.25) is 15.1 Å². The van der Waals surface area contributed by atoms with Gasteiger partial charge in [0.15, 0.2) is 4.80 Å². The van der Waals surface area contributed by atoms with Crippen LogP contribution in [-0.4, -0.2) is 21.7 Å². The van der Waals surface area contributed by atoms with Gasteiger partial charge in [-0.15, -0.1) is 0 Å². The molecule has 0 radical (unpaired) electrons. The summed E-state index contributed by atoms with van der Waals surface area (Å²) in [6, 6.07) is 21.7. The lowest BCUT2D eigenvalue weighted by molar-refractivity contribution is -0.139. The first kappa shape index (κ1) is 32.8. The maximum absolute atomic E-state index is 14.1. The van der Waals surface area contributed by atoms with Crippen molar-refractivity contribution in [3.05, 3.63) is 147 Å². The van der Waals surface area contributed by atoms with Crippen LogP contribution in [0.1, 0.15) is 48.0 Å². The zero-order chi connectivity index (χ0) is 33.4. The van der Waals surface area contributed by atoms with Crippen LogP contribution in [0.15, 0.2) is 93.9 Å². The normalized spacial score (nSPS) is 14.6. The first-order valence-corrected chi connectivity index (χ1v) is 16.8. The second-order valence-electron chi connectivity index (χ2n) is 11.0. The Kier molecular flexibility index (Phi) is 9.48. The van der Waals surface area contributed by atoms with E-state index in [1.807, 2.05) is 74.5 Å². The van der Waals surface area contributed by atoms with Crippen LogP contribution in [0, 0.1) is 13.8 Å². The summed E-state index contributed by atoms with van der Waals surface area (Å²) in [6.45, 7) is 8.08. The van der Waals surface area contributed by atoms with Crippen molar-refractivity contribution in [2.24, 2.45) is 4.99 Å². The maximum Gasteiger partial charge on any atom is 0.338 e.